The minimum atomic E-state index is -1.88. The van der Waals surface area contributed by atoms with Crippen LogP contribution >= 0.6 is 0 Å². The van der Waals surface area contributed by atoms with Crippen LogP contribution in [-0.2, 0) is 38.1 Å². The van der Waals surface area contributed by atoms with E-state index >= 15 is 0 Å². The van der Waals surface area contributed by atoms with Crippen LogP contribution in [-0.4, -0.2) is 62.4 Å². The summed E-state index contributed by atoms with van der Waals surface area (Å²) in [6.07, 6.45) is -6.49. The second-order valence-electron chi connectivity index (χ2n) is 4.68. The maximum atomic E-state index is 13.8. The van der Waals surface area contributed by atoms with E-state index in [1.807, 2.05) is 0 Å². The van der Waals surface area contributed by atoms with Gasteiger partial charge in [-0.05, 0) is 0 Å². The molecular weight excluding hydrogens is 303 g/mol. The topological polar surface area (TPSA) is 97.4 Å². The molecular formula is C13H19FO8. The van der Waals surface area contributed by atoms with Crippen LogP contribution in [0.15, 0.2) is 0 Å². The van der Waals surface area contributed by atoms with E-state index in [0.29, 0.717) is 0 Å². The number of esters is 3. The van der Waals surface area contributed by atoms with E-state index in [1.165, 1.54) is 14.0 Å². The van der Waals surface area contributed by atoms with Crippen molar-refractivity contribution in [2.45, 2.75) is 51.5 Å². The first-order chi connectivity index (χ1) is 10.3. The van der Waals surface area contributed by atoms with Gasteiger partial charge < -0.3 is 23.7 Å². The van der Waals surface area contributed by atoms with Gasteiger partial charge in [0, 0.05) is 27.9 Å². The average molecular weight is 322 g/mol. The Morgan fingerprint density at radius 1 is 1.09 bits per heavy atom. The van der Waals surface area contributed by atoms with Crippen LogP contribution in [0.4, 0.5) is 4.39 Å². The molecule has 0 radical (unpaired) electrons. The smallest absolute Gasteiger partial charge is 0.303 e. The zero-order chi connectivity index (χ0) is 16.9. The molecule has 0 unspecified atom stereocenters. The van der Waals surface area contributed by atoms with Crippen molar-refractivity contribution in [3.05, 3.63) is 0 Å². The van der Waals surface area contributed by atoms with Gasteiger partial charge in [0.2, 0.25) is 6.36 Å². The normalized spacial score (nSPS) is 28.8. The van der Waals surface area contributed by atoms with Crippen molar-refractivity contribution in [1.82, 2.24) is 0 Å². The Bertz CT molecular complexity index is 426. The second kappa shape index (κ2) is 8.04. The number of halogens is 1. The highest BCUT2D eigenvalue weighted by atomic mass is 19.1. The molecule has 0 N–H and O–H groups in total. The predicted octanol–water partition coefficient (Wildman–Crippen LogP) is 0.122. The SMILES string of the molecule is CO[C@H]1[C@@H](OC(C)=O)[C@@H]([C@H](COC(C)=O)OC(C)=O)O[C@H]1F. The quantitative estimate of drug-likeness (QED) is 0.502. The fourth-order valence-electron chi connectivity index (χ4n) is 2.12. The van der Waals surface area contributed by atoms with Gasteiger partial charge >= 0.3 is 17.9 Å². The second-order valence-corrected chi connectivity index (χ2v) is 4.68. The van der Waals surface area contributed by atoms with Crippen molar-refractivity contribution < 1.29 is 42.5 Å². The molecule has 0 aliphatic carbocycles. The standard InChI is InChI=1S/C13H19FO8/c1-6(15)19-5-9(20-7(2)16)10-11(21-8(3)17)12(18-4)13(14)22-10/h9-13H,5H2,1-4H3/t9-,10+,11-,12-,13+/m0/s1. The number of methoxy groups -OCH3 is 1. The molecule has 0 aromatic rings. The van der Waals surface area contributed by atoms with Gasteiger partial charge in [0.05, 0.1) is 0 Å². The molecule has 5 atom stereocenters. The highest BCUT2D eigenvalue weighted by Gasteiger charge is 2.52. The van der Waals surface area contributed by atoms with Crippen molar-refractivity contribution in [3.8, 4) is 0 Å². The van der Waals surface area contributed by atoms with Crippen LogP contribution in [0, 0.1) is 0 Å². The van der Waals surface area contributed by atoms with Gasteiger partial charge in [0.15, 0.2) is 18.3 Å². The third-order valence-electron chi connectivity index (χ3n) is 2.90. The molecule has 0 saturated carbocycles. The van der Waals surface area contributed by atoms with Crippen LogP contribution in [0.2, 0.25) is 0 Å². The number of alkyl halides is 1. The summed E-state index contributed by atoms with van der Waals surface area (Å²) in [6.45, 7) is 3.08. The number of carbonyl (C=O) groups excluding carboxylic acids is 3. The lowest BCUT2D eigenvalue weighted by Gasteiger charge is -2.27. The molecule has 8 nitrogen and oxygen atoms in total. The molecule has 1 rings (SSSR count). The minimum absolute atomic E-state index is 0.361. The first kappa shape index (κ1) is 18.3. The Kier molecular flexibility index (Phi) is 6.69. The molecule has 22 heavy (non-hydrogen) atoms. The summed E-state index contributed by atoms with van der Waals surface area (Å²) in [5, 5.41) is 0. The maximum absolute atomic E-state index is 13.8. The van der Waals surface area contributed by atoms with Gasteiger partial charge in [0.1, 0.15) is 12.7 Å². The van der Waals surface area contributed by atoms with Crippen molar-refractivity contribution in [3.63, 3.8) is 0 Å². The predicted molar refractivity (Wildman–Crippen MR) is 68.3 cm³/mol. The highest BCUT2D eigenvalue weighted by Crippen LogP contribution is 2.30. The van der Waals surface area contributed by atoms with Crippen LogP contribution in [0.3, 0.4) is 0 Å². The van der Waals surface area contributed by atoms with E-state index in [2.05, 4.69) is 0 Å². The molecule has 1 fully saturated rings. The van der Waals surface area contributed by atoms with Crippen molar-refractivity contribution in [1.29, 1.82) is 0 Å². The lowest BCUT2D eigenvalue weighted by atomic mass is 10.1. The Labute approximate surface area is 126 Å². The summed E-state index contributed by atoms with van der Waals surface area (Å²) < 4.78 is 38.6. The molecule has 9 heteroatoms. The minimum Gasteiger partial charge on any atom is -0.462 e. The van der Waals surface area contributed by atoms with Gasteiger partial charge in [-0.1, -0.05) is 0 Å². The van der Waals surface area contributed by atoms with E-state index in [9.17, 15) is 18.8 Å². The van der Waals surface area contributed by atoms with Crippen LogP contribution in [0.1, 0.15) is 20.8 Å². The van der Waals surface area contributed by atoms with Crippen molar-refractivity contribution in [2.24, 2.45) is 0 Å². The Morgan fingerprint density at radius 2 is 1.73 bits per heavy atom. The number of hydrogen-bond acceptors (Lipinski definition) is 8. The summed E-state index contributed by atoms with van der Waals surface area (Å²) in [4.78, 5) is 33.2. The molecule has 0 aromatic heterocycles. The lowest BCUT2D eigenvalue weighted by Crippen LogP contribution is -2.46. The average Bonchev–Trinajstić information content (AvgIpc) is 2.69. The Hall–Kier alpha value is -1.74. The van der Waals surface area contributed by atoms with Gasteiger partial charge in [-0.2, -0.15) is 0 Å². The van der Waals surface area contributed by atoms with Gasteiger partial charge in [-0.3, -0.25) is 14.4 Å². The molecule has 0 bridgehead atoms. The molecule has 1 aliphatic rings. The van der Waals surface area contributed by atoms with E-state index in [0.717, 1.165) is 13.8 Å². The molecule has 0 spiro atoms. The molecule has 1 heterocycles. The Balaban J connectivity index is 2.94. The monoisotopic (exact) mass is 322 g/mol. The van der Waals surface area contributed by atoms with Crippen LogP contribution in [0.5, 0.6) is 0 Å². The van der Waals surface area contributed by atoms with E-state index in [1.54, 1.807) is 0 Å². The van der Waals surface area contributed by atoms with E-state index in [-0.39, 0.29) is 6.61 Å². The molecule has 1 aliphatic heterocycles. The van der Waals surface area contributed by atoms with E-state index in [4.69, 9.17) is 23.7 Å². The summed E-state index contributed by atoms with van der Waals surface area (Å²) in [5.41, 5.74) is 0. The molecule has 0 aromatic carbocycles. The number of rotatable bonds is 6. The zero-order valence-corrected chi connectivity index (χ0v) is 12.7. The largest absolute Gasteiger partial charge is 0.462 e. The lowest BCUT2D eigenvalue weighted by molar-refractivity contribution is -0.177. The molecule has 1 saturated heterocycles. The van der Waals surface area contributed by atoms with Gasteiger partial charge in [-0.15, -0.1) is 0 Å². The van der Waals surface area contributed by atoms with Gasteiger partial charge in [0.25, 0.3) is 0 Å². The summed E-state index contributed by atoms with van der Waals surface area (Å²) in [5.74, 6) is -1.97. The third-order valence-corrected chi connectivity index (χ3v) is 2.90. The van der Waals surface area contributed by atoms with Crippen molar-refractivity contribution >= 4 is 17.9 Å². The summed E-state index contributed by atoms with van der Waals surface area (Å²) in [6, 6.07) is 0. The first-order valence-electron chi connectivity index (χ1n) is 6.56. The Morgan fingerprint density at radius 3 is 2.18 bits per heavy atom. The van der Waals surface area contributed by atoms with Crippen LogP contribution in [0.25, 0.3) is 0 Å². The highest BCUT2D eigenvalue weighted by molar-refractivity contribution is 5.67. The number of carbonyl (C=O) groups is 3. The summed E-state index contributed by atoms with van der Waals surface area (Å²) >= 11 is 0. The fourth-order valence-corrected chi connectivity index (χ4v) is 2.12. The number of hydrogen-bond donors (Lipinski definition) is 0. The van der Waals surface area contributed by atoms with Crippen molar-refractivity contribution in [2.75, 3.05) is 13.7 Å². The first-order valence-corrected chi connectivity index (χ1v) is 6.56. The van der Waals surface area contributed by atoms with Gasteiger partial charge in [-0.25, -0.2) is 4.39 Å². The number of ether oxygens (including phenoxy) is 5. The zero-order valence-electron chi connectivity index (χ0n) is 12.7. The maximum Gasteiger partial charge on any atom is 0.303 e. The molecule has 0 amide bonds. The molecule has 126 valence electrons. The summed E-state index contributed by atoms with van der Waals surface area (Å²) in [7, 11) is 1.23. The van der Waals surface area contributed by atoms with Crippen LogP contribution < -0.4 is 0 Å². The third kappa shape index (κ3) is 4.92. The van der Waals surface area contributed by atoms with E-state index < -0.39 is 48.7 Å². The fraction of sp³-hybridized carbons (Fsp3) is 0.769.